The van der Waals surface area contributed by atoms with E-state index >= 15 is 0 Å². The number of aromatic hydroxyl groups is 1. The van der Waals surface area contributed by atoms with Crippen LogP contribution in [0.1, 0.15) is 74.3 Å². The first-order chi connectivity index (χ1) is 20.6. The molecule has 0 unspecified atom stereocenters. The highest BCUT2D eigenvalue weighted by Gasteiger charge is 2.34. The lowest BCUT2D eigenvalue weighted by atomic mass is 9.77. The third-order valence-electron chi connectivity index (χ3n) is 7.97. The molecule has 0 spiro atoms. The number of phenolic OH excluding ortho intramolecular Hbond substituents is 1. The van der Waals surface area contributed by atoms with Gasteiger partial charge in [0.25, 0.3) is 10.0 Å². The van der Waals surface area contributed by atoms with E-state index in [0.717, 1.165) is 5.56 Å². The normalized spacial score (nSPS) is 12.5. The maximum Gasteiger partial charge on any atom is 0.268 e. The summed E-state index contributed by atoms with van der Waals surface area (Å²) in [6, 6.07) is 24.2. The largest absolute Gasteiger partial charge is 0.507 e. The number of para-hydroxylation sites is 1. The third-order valence-corrected chi connectivity index (χ3v) is 9.70. The van der Waals surface area contributed by atoms with Gasteiger partial charge >= 0.3 is 0 Å². The second kappa shape index (κ2) is 11.0. The van der Waals surface area contributed by atoms with Crippen molar-refractivity contribution in [2.75, 3.05) is 7.11 Å². The van der Waals surface area contributed by atoms with E-state index in [9.17, 15) is 18.3 Å². The van der Waals surface area contributed by atoms with Crippen molar-refractivity contribution in [2.45, 2.75) is 64.2 Å². The summed E-state index contributed by atoms with van der Waals surface area (Å²) in [5.74, 6) is 0.336. The molecule has 6 nitrogen and oxygen atoms in total. The number of aryl methyl sites for hydroxylation is 1. The minimum absolute atomic E-state index is 0.0300. The number of hydrogen-bond acceptors (Lipinski definition) is 5. The van der Waals surface area contributed by atoms with Crippen LogP contribution in [0, 0.1) is 6.92 Å². The number of nitrogens with zero attached hydrogens (tertiary/aromatic N) is 1. The van der Waals surface area contributed by atoms with Gasteiger partial charge in [-0.05, 0) is 77.9 Å². The molecule has 4 aromatic carbocycles. The van der Waals surface area contributed by atoms with Crippen LogP contribution >= 0.6 is 0 Å². The van der Waals surface area contributed by atoms with E-state index < -0.39 is 26.6 Å². The Morgan fingerprint density at radius 1 is 0.795 bits per heavy atom. The average Bonchev–Trinajstić information content (AvgIpc) is 3.32. The molecule has 0 aliphatic rings. The molecule has 7 heteroatoms. The Labute approximate surface area is 260 Å². The molecule has 1 N–H and O–H groups in total. The molecule has 0 aliphatic carbocycles. The number of phenols is 1. The number of ketones is 1. The number of hydrogen-bond donors (Lipinski definition) is 1. The van der Waals surface area contributed by atoms with Crippen LogP contribution in [-0.2, 0) is 20.9 Å². The molecule has 0 bridgehead atoms. The lowest BCUT2D eigenvalue weighted by molar-refractivity contribution is 0.103. The van der Waals surface area contributed by atoms with Crippen molar-refractivity contribution in [3.8, 4) is 22.6 Å². The van der Waals surface area contributed by atoms with Gasteiger partial charge in [0, 0.05) is 27.6 Å². The predicted octanol–water partition coefficient (Wildman–Crippen LogP) is 8.39. The van der Waals surface area contributed by atoms with Gasteiger partial charge in [-0.25, -0.2) is 12.4 Å². The number of fused-ring (bicyclic) bond motifs is 1. The molecule has 0 aliphatic heterocycles. The van der Waals surface area contributed by atoms with Crippen molar-refractivity contribution in [1.82, 2.24) is 3.97 Å². The Kier molecular flexibility index (Phi) is 7.75. The van der Waals surface area contributed by atoms with Crippen molar-refractivity contribution in [3.05, 3.63) is 113 Å². The summed E-state index contributed by atoms with van der Waals surface area (Å²) in [6.07, 6.45) is 0. The monoisotopic (exact) mass is 609 g/mol. The highest BCUT2D eigenvalue weighted by Crippen LogP contribution is 2.45. The van der Waals surface area contributed by atoms with Gasteiger partial charge in [0.1, 0.15) is 17.2 Å². The van der Waals surface area contributed by atoms with E-state index in [0.29, 0.717) is 44.5 Å². The Morgan fingerprint density at radius 2 is 1.34 bits per heavy atom. The maximum absolute atomic E-state index is 14.6. The molecule has 5 rings (SSSR count). The molecule has 228 valence electrons. The molecule has 0 saturated carbocycles. The number of carbonyl (C=O) groups is 1. The minimum atomic E-state index is -4.23. The van der Waals surface area contributed by atoms with Gasteiger partial charge in [-0.3, -0.25) is 4.79 Å². The summed E-state index contributed by atoms with van der Waals surface area (Å²) in [5.41, 5.74) is 3.36. The summed E-state index contributed by atoms with van der Waals surface area (Å²) in [6.45, 7) is 14.0. The lowest BCUT2D eigenvalue weighted by Gasteiger charge is -2.28. The second-order valence-corrected chi connectivity index (χ2v) is 15.1. The molecule has 0 amide bonds. The fourth-order valence-electron chi connectivity index (χ4n) is 5.58. The fraction of sp³-hybridized carbons (Fsp3) is 0.270. The molecule has 0 saturated heterocycles. The van der Waals surface area contributed by atoms with Crippen molar-refractivity contribution in [1.29, 1.82) is 0 Å². The molecule has 0 radical (unpaired) electrons. The van der Waals surface area contributed by atoms with Gasteiger partial charge in [0.15, 0.2) is 0 Å². The standard InChI is InChI=1S/C37H39NO5S/c1-23-13-19-27(20-14-23)44(41,42)38-31-12-10-9-11-28(31)32(33(38)34(39)24-15-17-26(43-8)18-16-24)25-21-29(36(2,3)4)35(40)30(22-25)37(5,6)7/h9-22,40H,1-8H3. The van der Waals surface area contributed by atoms with Crippen LogP contribution in [0.5, 0.6) is 11.5 Å². The topological polar surface area (TPSA) is 85.6 Å². The molecule has 5 aromatic rings. The highest BCUT2D eigenvalue weighted by atomic mass is 32.2. The van der Waals surface area contributed by atoms with Gasteiger partial charge in [0.05, 0.1) is 17.5 Å². The van der Waals surface area contributed by atoms with Gasteiger partial charge in [-0.15, -0.1) is 0 Å². The maximum atomic E-state index is 14.6. The molecular formula is C37H39NO5S. The van der Waals surface area contributed by atoms with Crippen LogP contribution in [0.15, 0.2) is 89.8 Å². The average molecular weight is 610 g/mol. The van der Waals surface area contributed by atoms with Crippen LogP contribution < -0.4 is 4.74 Å². The van der Waals surface area contributed by atoms with E-state index in [1.165, 1.54) is 3.97 Å². The van der Waals surface area contributed by atoms with Crippen molar-refractivity contribution >= 4 is 26.7 Å². The number of benzene rings is 4. The summed E-state index contributed by atoms with van der Waals surface area (Å²) in [5, 5.41) is 12.1. The van der Waals surface area contributed by atoms with Gasteiger partial charge in [-0.2, -0.15) is 0 Å². The van der Waals surface area contributed by atoms with Crippen molar-refractivity contribution < 1.29 is 23.1 Å². The summed E-state index contributed by atoms with van der Waals surface area (Å²) in [7, 11) is -2.68. The number of methoxy groups -OCH3 is 1. The first-order valence-corrected chi connectivity index (χ1v) is 16.0. The zero-order valence-electron chi connectivity index (χ0n) is 26.5. The second-order valence-electron chi connectivity index (χ2n) is 13.3. The molecule has 0 atom stereocenters. The highest BCUT2D eigenvalue weighted by molar-refractivity contribution is 7.90. The number of ether oxygens (including phenoxy) is 1. The first kappa shape index (κ1) is 31.1. The lowest BCUT2D eigenvalue weighted by Crippen LogP contribution is -2.20. The van der Waals surface area contributed by atoms with E-state index in [1.54, 1.807) is 67.8 Å². The Bertz CT molecular complexity index is 1950. The van der Waals surface area contributed by atoms with Crippen molar-refractivity contribution in [3.63, 3.8) is 0 Å². The molecule has 44 heavy (non-hydrogen) atoms. The molecule has 1 heterocycles. The molecule has 1 aromatic heterocycles. The molecule has 0 fully saturated rings. The van der Waals surface area contributed by atoms with E-state index in [1.807, 2.05) is 72.7 Å². The molecular weight excluding hydrogens is 570 g/mol. The first-order valence-electron chi connectivity index (χ1n) is 14.6. The number of aromatic nitrogens is 1. The fourth-order valence-corrected chi connectivity index (χ4v) is 7.10. The van der Waals surface area contributed by atoms with Gasteiger partial charge < -0.3 is 9.84 Å². The number of rotatable bonds is 6. The van der Waals surface area contributed by atoms with Crippen molar-refractivity contribution in [2.24, 2.45) is 0 Å². The zero-order chi connectivity index (χ0) is 32.2. The smallest absolute Gasteiger partial charge is 0.268 e. The Hall–Kier alpha value is -4.36. The van der Waals surface area contributed by atoms with Crippen LogP contribution in [0.2, 0.25) is 0 Å². The Morgan fingerprint density at radius 3 is 1.86 bits per heavy atom. The zero-order valence-corrected chi connectivity index (χ0v) is 27.3. The summed E-state index contributed by atoms with van der Waals surface area (Å²) in [4.78, 5) is 14.7. The van der Waals surface area contributed by atoms with E-state index in [-0.39, 0.29) is 16.3 Å². The van der Waals surface area contributed by atoms with Crippen LogP contribution in [0.3, 0.4) is 0 Å². The van der Waals surface area contributed by atoms with Gasteiger partial charge in [0.2, 0.25) is 5.78 Å². The third kappa shape index (κ3) is 5.41. The summed E-state index contributed by atoms with van der Waals surface area (Å²) < 4.78 is 35.5. The SMILES string of the molecule is COc1ccc(C(=O)c2c(-c3cc(C(C)(C)C)c(O)c(C(C)(C)C)c3)c3ccccc3n2S(=O)(=O)c2ccc(C)cc2)cc1. The predicted molar refractivity (Wildman–Crippen MR) is 177 cm³/mol. The van der Waals surface area contributed by atoms with Crippen LogP contribution in [0.25, 0.3) is 22.0 Å². The number of carbonyl (C=O) groups excluding carboxylic acids is 1. The quantitative estimate of drug-likeness (QED) is 0.195. The van der Waals surface area contributed by atoms with E-state index in [4.69, 9.17) is 4.74 Å². The minimum Gasteiger partial charge on any atom is -0.507 e. The Balaban J connectivity index is 1.96. The van der Waals surface area contributed by atoms with E-state index in [2.05, 4.69) is 0 Å². The van der Waals surface area contributed by atoms with Gasteiger partial charge in [-0.1, -0.05) is 77.4 Å². The van der Waals surface area contributed by atoms with Crippen LogP contribution in [0.4, 0.5) is 0 Å². The van der Waals surface area contributed by atoms with Crippen LogP contribution in [-0.4, -0.2) is 30.4 Å². The summed E-state index contributed by atoms with van der Waals surface area (Å²) >= 11 is 0.